The van der Waals surface area contributed by atoms with E-state index in [0.717, 1.165) is 6.07 Å². The molecule has 6 nitrogen and oxygen atoms in total. The van der Waals surface area contributed by atoms with Crippen LogP contribution in [0.3, 0.4) is 0 Å². The molecule has 3 N–H and O–H groups in total. The number of aliphatic carboxylic acids is 1. The second kappa shape index (κ2) is 5.70. The first-order valence-corrected chi connectivity index (χ1v) is 6.31. The lowest BCUT2D eigenvalue weighted by Crippen LogP contribution is -2.15. The molecule has 0 bridgehead atoms. The van der Waals surface area contributed by atoms with E-state index in [1.807, 2.05) is 0 Å². The van der Waals surface area contributed by atoms with Gasteiger partial charge in [-0.3, -0.25) is 9.59 Å². The largest absolute Gasteiger partial charge is 0.508 e. The summed E-state index contributed by atoms with van der Waals surface area (Å²) in [5.74, 6) is -3.46. The van der Waals surface area contributed by atoms with Crippen LogP contribution in [0.1, 0.15) is 40.7 Å². The van der Waals surface area contributed by atoms with Gasteiger partial charge in [0.25, 0.3) is 0 Å². The second-order valence-electron chi connectivity index (χ2n) is 4.57. The van der Waals surface area contributed by atoms with Crippen molar-refractivity contribution in [2.45, 2.75) is 19.3 Å². The van der Waals surface area contributed by atoms with Gasteiger partial charge in [0, 0.05) is 6.07 Å². The van der Waals surface area contributed by atoms with Gasteiger partial charge in [0.2, 0.25) is 0 Å². The molecule has 21 heavy (non-hydrogen) atoms. The van der Waals surface area contributed by atoms with Gasteiger partial charge in [-0.15, -0.1) is 0 Å². The Labute approximate surface area is 120 Å². The molecule has 2 aromatic rings. The SMILES string of the molecule is CCC(C(=O)O)c1cc(O)cc(O)c1C(=O)c1ccoc1. The number of carboxylic acids is 1. The molecule has 0 saturated carbocycles. The van der Waals surface area contributed by atoms with Gasteiger partial charge >= 0.3 is 5.97 Å². The number of carbonyl (C=O) groups is 2. The van der Waals surface area contributed by atoms with Crippen LogP contribution in [0.4, 0.5) is 0 Å². The van der Waals surface area contributed by atoms with Gasteiger partial charge in [-0.2, -0.15) is 0 Å². The molecule has 0 saturated heterocycles. The molecular weight excluding hydrogens is 276 g/mol. The summed E-state index contributed by atoms with van der Waals surface area (Å²) in [6, 6.07) is 3.61. The van der Waals surface area contributed by atoms with E-state index in [2.05, 4.69) is 0 Å². The molecule has 1 aromatic heterocycles. The van der Waals surface area contributed by atoms with Crippen molar-refractivity contribution in [2.75, 3.05) is 0 Å². The summed E-state index contributed by atoms with van der Waals surface area (Å²) < 4.78 is 4.83. The molecule has 0 aliphatic rings. The maximum absolute atomic E-state index is 12.4. The van der Waals surface area contributed by atoms with Crippen molar-refractivity contribution in [3.8, 4) is 11.5 Å². The number of hydrogen-bond acceptors (Lipinski definition) is 5. The highest BCUT2D eigenvalue weighted by molar-refractivity contribution is 6.12. The van der Waals surface area contributed by atoms with Crippen molar-refractivity contribution >= 4 is 11.8 Å². The Balaban J connectivity index is 2.64. The van der Waals surface area contributed by atoms with E-state index in [4.69, 9.17) is 4.42 Å². The number of carboxylic acid groups (broad SMARTS) is 1. The van der Waals surface area contributed by atoms with Crippen LogP contribution in [0, 0.1) is 0 Å². The minimum Gasteiger partial charge on any atom is -0.508 e. The van der Waals surface area contributed by atoms with Gasteiger partial charge in [-0.05, 0) is 24.1 Å². The van der Waals surface area contributed by atoms with E-state index < -0.39 is 23.4 Å². The molecule has 6 heteroatoms. The van der Waals surface area contributed by atoms with Gasteiger partial charge in [0.05, 0.1) is 23.3 Å². The average Bonchev–Trinajstić information content (AvgIpc) is 2.91. The number of hydrogen-bond donors (Lipinski definition) is 3. The van der Waals surface area contributed by atoms with Crippen molar-refractivity contribution in [3.63, 3.8) is 0 Å². The summed E-state index contributed by atoms with van der Waals surface area (Å²) in [7, 11) is 0. The summed E-state index contributed by atoms with van der Waals surface area (Å²) in [6.07, 6.45) is 2.73. The van der Waals surface area contributed by atoms with Crippen LogP contribution in [-0.2, 0) is 4.79 Å². The highest BCUT2D eigenvalue weighted by Crippen LogP contribution is 2.35. The van der Waals surface area contributed by atoms with Crippen molar-refractivity contribution < 1.29 is 29.3 Å². The Hall–Kier alpha value is -2.76. The zero-order chi connectivity index (χ0) is 15.6. The molecule has 0 fully saturated rings. The standard InChI is InChI=1S/C15H14O6/c1-2-10(15(19)20)11-5-9(16)6-12(17)13(11)14(18)8-3-4-21-7-8/h3-7,10,16-17H,2H2,1H3,(H,19,20). The molecule has 1 aromatic carbocycles. The molecule has 110 valence electrons. The third kappa shape index (κ3) is 2.74. The van der Waals surface area contributed by atoms with Gasteiger partial charge < -0.3 is 19.7 Å². The number of carbonyl (C=O) groups excluding carboxylic acids is 1. The van der Waals surface area contributed by atoms with Gasteiger partial charge in [0.15, 0.2) is 5.78 Å². The predicted octanol–water partition coefficient (Wildman–Crippen LogP) is 2.50. The molecular formula is C15H14O6. The highest BCUT2D eigenvalue weighted by atomic mass is 16.4. The van der Waals surface area contributed by atoms with Crippen LogP contribution >= 0.6 is 0 Å². The fraction of sp³-hybridized carbons (Fsp3) is 0.200. The fourth-order valence-corrected chi connectivity index (χ4v) is 2.22. The minimum absolute atomic E-state index is 0.0775. The monoisotopic (exact) mass is 290 g/mol. The summed E-state index contributed by atoms with van der Waals surface area (Å²) in [5, 5.41) is 28.8. The number of phenolic OH excluding ortho intramolecular Hbond substituents is 2. The predicted molar refractivity (Wildman–Crippen MR) is 72.6 cm³/mol. The van der Waals surface area contributed by atoms with Gasteiger partial charge in [0.1, 0.15) is 17.8 Å². The van der Waals surface area contributed by atoms with Crippen molar-refractivity contribution in [2.24, 2.45) is 0 Å². The lowest BCUT2D eigenvalue weighted by atomic mass is 9.88. The van der Waals surface area contributed by atoms with Crippen molar-refractivity contribution in [1.29, 1.82) is 0 Å². The van der Waals surface area contributed by atoms with E-state index in [0.29, 0.717) is 0 Å². The molecule has 1 unspecified atom stereocenters. The smallest absolute Gasteiger partial charge is 0.310 e. The summed E-state index contributed by atoms with van der Waals surface area (Å²) in [6.45, 7) is 1.64. The highest BCUT2D eigenvalue weighted by Gasteiger charge is 2.28. The molecule has 1 atom stereocenters. The van der Waals surface area contributed by atoms with Crippen LogP contribution in [0.15, 0.2) is 35.1 Å². The van der Waals surface area contributed by atoms with E-state index in [1.54, 1.807) is 6.92 Å². The minimum atomic E-state index is -1.14. The molecule has 2 rings (SSSR count). The Kier molecular flexibility index (Phi) is 3.98. The number of ketones is 1. The third-order valence-corrected chi connectivity index (χ3v) is 3.22. The zero-order valence-corrected chi connectivity index (χ0v) is 11.2. The number of phenols is 2. The Morgan fingerprint density at radius 3 is 2.52 bits per heavy atom. The molecule has 0 radical (unpaired) electrons. The van der Waals surface area contributed by atoms with Crippen LogP contribution < -0.4 is 0 Å². The maximum Gasteiger partial charge on any atom is 0.310 e. The second-order valence-corrected chi connectivity index (χ2v) is 4.57. The zero-order valence-electron chi connectivity index (χ0n) is 11.2. The molecule has 1 heterocycles. The molecule has 0 aliphatic carbocycles. The number of aromatic hydroxyl groups is 2. The first kappa shape index (κ1) is 14.6. The molecule has 0 spiro atoms. The first-order chi connectivity index (χ1) is 9.95. The van der Waals surface area contributed by atoms with Crippen LogP contribution in [-0.4, -0.2) is 27.1 Å². The molecule has 0 aliphatic heterocycles. The number of rotatable bonds is 5. The van der Waals surface area contributed by atoms with Crippen molar-refractivity contribution in [3.05, 3.63) is 47.4 Å². The van der Waals surface area contributed by atoms with Gasteiger partial charge in [-0.25, -0.2) is 0 Å². The summed E-state index contributed by atoms with van der Waals surface area (Å²) >= 11 is 0. The van der Waals surface area contributed by atoms with E-state index in [9.17, 15) is 24.9 Å². The maximum atomic E-state index is 12.4. The summed E-state index contributed by atoms with van der Waals surface area (Å²) in [5.41, 5.74) is 0.134. The first-order valence-electron chi connectivity index (χ1n) is 6.31. The van der Waals surface area contributed by atoms with Crippen LogP contribution in [0.5, 0.6) is 11.5 Å². The van der Waals surface area contributed by atoms with E-state index in [-0.39, 0.29) is 28.9 Å². The van der Waals surface area contributed by atoms with Crippen LogP contribution in [0.25, 0.3) is 0 Å². The van der Waals surface area contributed by atoms with Gasteiger partial charge in [-0.1, -0.05) is 6.92 Å². The van der Waals surface area contributed by atoms with E-state index in [1.165, 1.54) is 24.7 Å². The number of furan rings is 1. The van der Waals surface area contributed by atoms with Crippen molar-refractivity contribution in [1.82, 2.24) is 0 Å². The Morgan fingerprint density at radius 1 is 1.29 bits per heavy atom. The normalized spacial score (nSPS) is 12.0. The quantitative estimate of drug-likeness (QED) is 0.730. The lowest BCUT2D eigenvalue weighted by Gasteiger charge is -2.16. The summed E-state index contributed by atoms with van der Waals surface area (Å²) in [4.78, 5) is 23.7. The fourth-order valence-electron chi connectivity index (χ4n) is 2.22. The molecule has 0 amide bonds. The Bertz CT molecular complexity index is 672. The number of benzene rings is 1. The lowest BCUT2D eigenvalue weighted by molar-refractivity contribution is -0.138. The van der Waals surface area contributed by atoms with Crippen LogP contribution in [0.2, 0.25) is 0 Å². The Morgan fingerprint density at radius 2 is 2.00 bits per heavy atom. The topological polar surface area (TPSA) is 108 Å². The van der Waals surface area contributed by atoms with E-state index >= 15 is 0 Å². The third-order valence-electron chi connectivity index (χ3n) is 3.22. The average molecular weight is 290 g/mol.